The summed E-state index contributed by atoms with van der Waals surface area (Å²) in [6.07, 6.45) is 7.36. The zero-order valence-electron chi connectivity index (χ0n) is 10.6. The standard InChI is InChI=1S/C13H24O3/c1-4-6-7-12(5-2)10-16-11(3)8-9-13(14)15/h8-9,11-12H,4-7,10H2,1-3H3,(H,14,15). The quantitative estimate of drug-likeness (QED) is 0.616. The molecule has 0 heterocycles. The molecule has 16 heavy (non-hydrogen) atoms. The Morgan fingerprint density at radius 2 is 2.12 bits per heavy atom. The van der Waals surface area contributed by atoms with Crippen molar-refractivity contribution >= 4 is 5.97 Å². The summed E-state index contributed by atoms with van der Waals surface area (Å²) in [7, 11) is 0. The first kappa shape index (κ1) is 15.2. The van der Waals surface area contributed by atoms with Crippen LogP contribution < -0.4 is 0 Å². The first-order chi connectivity index (χ1) is 7.60. The summed E-state index contributed by atoms with van der Waals surface area (Å²) >= 11 is 0. The molecule has 2 atom stereocenters. The third-order valence-electron chi connectivity index (χ3n) is 2.65. The Bertz CT molecular complexity index is 211. The molecule has 0 amide bonds. The van der Waals surface area contributed by atoms with Gasteiger partial charge in [-0.2, -0.15) is 0 Å². The molecule has 0 spiro atoms. The summed E-state index contributed by atoms with van der Waals surface area (Å²) in [6, 6.07) is 0. The highest BCUT2D eigenvalue weighted by Gasteiger charge is 2.07. The molecule has 3 heteroatoms. The van der Waals surface area contributed by atoms with Crippen LogP contribution in [0.25, 0.3) is 0 Å². The van der Waals surface area contributed by atoms with Crippen LogP contribution in [-0.4, -0.2) is 23.8 Å². The van der Waals surface area contributed by atoms with Gasteiger partial charge in [-0.1, -0.05) is 33.1 Å². The molecular weight excluding hydrogens is 204 g/mol. The van der Waals surface area contributed by atoms with Gasteiger partial charge in [-0.3, -0.25) is 0 Å². The van der Waals surface area contributed by atoms with Crippen LogP contribution in [0.15, 0.2) is 12.2 Å². The van der Waals surface area contributed by atoms with E-state index in [-0.39, 0.29) is 6.10 Å². The lowest BCUT2D eigenvalue weighted by molar-refractivity contribution is -0.131. The molecule has 94 valence electrons. The molecule has 0 aromatic heterocycles. The highest BCUT2D eigenvalue weighted by molar-refractivity contribution is 5.79. The molecule has 0 aliphatic rings. The van der Waals surface area contributed by atoms with E-state index < -0.39 is 5.97 Å². The summed E-state index contributed by atoms with van der Waals surface area (Å²) in [5.41, 5.74) is 0. The van der Waals surface area contributed by atoms with Crippen molar-refractivity contribution in [2.45, 2.75) is 52.6 Å². The number of carbonyl (C=O) groups is 1. The number of hydrogen-bond donors (Lipinski definition) is 1. The van der Waals surface area contributed by atoms with Gasteiger partial charge in [-0.25, -0.2) is 4.79 Å². The molecule has 2 unspecified atom stereocenters. The number of unbranched alkanes of at least 4 members (excludes halogenated alkanes) is 1. The maximum atomic E-state index is 10.3. The third kappa shape index (κ3) is 8.48. The molecule has 0 aliphatic carbocycles. The van der Waals surface area contributed by atoms with E-state index >= 15 is 0 Å². The van der Waals surface area contributed by atoms with Gasteiger partial charge in [-0.15, -0.1) is 0 Å². The van der Waals surface area contributed by atoms with E-state index in [1.165, 1.54) is 19.3 Å². The predicted molar refractivity (Wildman–Crippen MR) is 65.5 cm³/mol. The van der Waals surface area contributed by atoms with Crippen LogP contribution in [0.3, 0.4) is 0 Å². The zero-order valence-corrected chi connectivity index (χ0v) is 10.6. The van der Waals surface area contributed by atoms with Crippen LogP contribution in [0.4, 0.5) is 0 Å². The summed E-state index contributed by atoms with van der Waals surface area (Å²) in [4.78, 5) is 10.3. The van der Waals surface area contributed by atoms with Crippen LogP contribution >= 0.6 is 0 Å². The Morgan fingerprint density at radius 1 is 1.44 bits per heavy atom. The van der Waals surface area contributed by atoms with Crippen LogP contribution in [0.5, 0.6) is 0 Å². The molecule has 0 saturated heterocycles. The highest BCUT2D eigenvalue weighted by atomic mass is 16.5. The minimum atomic E-state index is -0.923. The zero-order chi connectivity index (χ0) is 12.4. The van der Waals surface area contributed by atoms with Crippen LogP contribution in [-0.2, 0) is 9.53 Å². The SMILES string of the molecule is CCCCC(CC)COC(C)C=CC(=O)O. The molecule has 0 radical (unpaired) electrons. The van der Waals surface area contributed by atoms with E-state index in [2.05, 4.69) is 13.8 Å². The Labute approximate surface area is 98.5 Å². The molecular formula is C13H24O3. The van der Waals surface area contributed by atoms with E-state index in [1.54, 1.807) is 6.08 Å². The lowest BCUT2D eigenvalue weighted by Crippen LogP contribution is -2.14. The van der Waals surface area contributed by atoms with Gasteiger partial charge in [0.2, 0.25) is 0 Å². The van der Waals surface area contributed by atoms with E-state index in [9.17, 15) is 4.79 Å². The van der Waals surface area contributed by atoms with E-state index in [4.69, 9.17) is 9.84 Å². The largest absolute Gasteiger partial charge is 0.478 e. The van der Waals surface area contributed by atoms with Crippen molar-refractivity contribution < 1.29 is 14.6 Å². The minimum Gasteiger partial charge on any atom is -0.478 e. The molecule has 3 nitrogen and oxygen atoms in total. The monoisotopic (exact) mass is 228 g/mol. The van der Waals surface area contributed by atoms with E-state index in [0.717, 1.165) is 19.1 Å². The number of hydrogen-bond acceptors (Lipinski definition) is 2. The van der Waals surface area contributed by atoms with Gasteiger partial charge in [0.05, 0.1) is 12.7 Å². The van der Waals surface area contributed by atoms with Gasteiger partial charge in [0, 0.05) is 6.08 Å². The fourth-order valence-corrected chi connectivity index (χ4v) is 1.46. The fourth-order valence-electron chi connectivity index (χ4n) is 1.46. The maximum Gasteiger partial charge on any atom is 0.328 e. The summed E-state index contributed by atoms with van der Waals surface area (Å²) in [6.45, 7) is 6.95. The predicted octanol–water partition coefficient (Wildman–Crippen LogP) is 3.25. The molecule has 0 rings (SSSR count). The van der Waals surface area contributed by atoms with Crippen molar-refractivity contribution in [1.82, 2.24) is 0 Å². The number of carboxylic acid groups (broad SMARTS) is 1. The minimum absolute atomic E-state index is 0.119. The van der Waals surface area contributed by atoms with Crippen molar-refractivity contribution in [2.75, 3.05) is 6.61 Å². The van der Waals surface area contributed by atoms with Crippen molar-refractivity contribution in [1.29, 1.82) is 0 Å². The van der Waals surface area contributed by atoms with Crippen molar-refractivity contribution in [3.8, 4) is 0 Å². The van der Waals surface area contributed by atoms with Crippen LogP contribution in [0.1, 0.15) is 46.5 Å². The smallest absolute Gasteiger partial charge is 0.328 e. The summed E-state index contributed by atoms with van der Waals surface area (Å²) < 4.78 is 5.59. The molecule has 0 bridgehead atoms. The second-order valence-electron chi connectivity index (χ2n) is 4.15. The Balaban J connectivity index is 3.78. The maximum absolute atomic E-state index is 10.3. The molecule has 0 aromatic rings. The number of aliphatic carboxylic acids is 1. The summed E-state index contributed by atoms with van der Waals surface area (Å²) in [5.74, 6) is -0.325. The highest BCUT2D eigenvalue weighted by Crippen LogP contribution is 2.13. The van der Waals surface area contributed by atoms with Crippen molar-refractivity contribution in [2.24, 2.45) is 5.92 Å². The third-order valence-corrected chi connectivity index (χ3v) is 2.65. The fraction of sp³-hybridized carbons (Fsp3) is 0.769. The van der Waals surface area contributed by atoms with Crippen LogP contribution in [0.2, 0.25) is 0 Å². The van der Waals surface area contributed by atoms with Gasteiger partial charge in [0.15, 0.2) is 0 Å². The summed E-state index contributed by atoms with van der Waals surface area (Å²) in [5, 5.41) is 8.46. The molecule has 0 aromatic carbocycles. The lowest BCUT2D eigenvalue weighted by Gasteiger charge is -2.16. The normalized spacial score (nSPS) is 15.2. The van der Waals surface area contributed by atoms with Gasteiger partial charge in [0.25, 0.3) is 0 Å². The first-order valence-corrected chi connectivity index (χ1v) is 6.12. The molecule has 1 N–H and O–H groups in total. The van der Waals surface area contributed by atoms with Gasteiger partial charge in [0.1, 0.15) is 0 Å². The molecule has 0 aliphatic heterocycles. The average Bonchev–Trinajstić information content (AvgIpc) is 2.26. The first-order valence-electron chi connectivity index (χ1n) is 6.12. The van der Waals surface area contributed by atoms with Gasteiger partial charge < -0.3 is 9.84 Å². The van der Waals surface area contributed by atoms with Gasteiger partial charge in [-0.05, 0) is 25.3 Å². The number of carboxylic acids is 1. The second-order valence-corrected chi connectivity index (χ2v) is 4.15. The Kier molecular flexibility index (Phi) is 8.91. The molecule has 0 saturated carbocycles. The Hall–Kier alpha value is -0.830. The topological polar surface area (TPSA) is 46.5 Å². The number of rotatable bonds is 9. The van der Waals surface area contributed by atoms with E-state index in [1.807, 2.05) is 6.92 Å². The molecule has 0 fully saturated rings. The van der Waals surface area contributed by atoms with Crippen molar-refractivity contribution in [3.05, 3.63) is 12.2 Å². The average molecular weight is 228 g/mol. The van der Waals surface area contributed by atoms with Gasteiger partial charge >= 0.3 is 5.97 Å². The van der Waals surface area contributed by atoms with Crippen LogP contribution in [0, 0.1) is 5.92 Å². The van der Waals surface area contributed by atoms with E-state index in [0.29, 0.717) is 5.92 Å². The second kappa shape index (κ2) is 9.40. The lowest BCUT2D eigenvalue weighted by atomic mass is 10.0. The van der Waals surface area contributed by atoms with Crippen molar-refractivity contribution in [3.63, 3.8) is 0 Å². The Morgan fingerprint density at radius 3 is 2.62 bits per heavy atom. The number of ether oxygens (including phenoxy) is 1.